The van der Waals surface area contributed by atoms with Crippen LogP contribution in [-0.4, -0.2) is 45.8 Å². The zero-order valence-corrected chi connectivity index (χ0v) is 12.3. The van der Waals surface area contributed by atoms with Crippen molar-refractivity contribution in [2.45, 2.75) is 13.0 Å². The normalized spacial score (nSPS) is 15.7. The molecule has 1 aliphatic rings. The lowest BCUT2D eigenvalue weighted by atomic mass is 10.1. The molecule has 6 heteroatoms. The Morgan fingerprint density at radius 2 is 2.29 bits per heavy atom. The third-order valence-electron chi connectivity index (χ3n) is 3.49. The van der Waals surface area contributed by atoms with Crippen LogP contribution in [0.25, 0.3) is 0 Å². The van der Waals surface area contributed by atoms with Gasteiger partial charge in [-0.15, -0.1) is 0 Å². The summed E-state index contributed by atoms with van der Waals surface area (Å²) in [7, 11) is 1.65. The van der Waals surface area contributed by atoms with Crippen molar-refractivity contribution in [2.24, 2.45) is 0 Å². The molecule has 1 aliphatic heterocycles. The molecule has 2 rings (SSSR count). The Hall–Kier alpha value is -1.66. The number of halogens is 1. The number of benzene rings is 1. The maximum absolute atomic E-state index is 13.5. The van der Waals surface area contributed by atoms with E-state index in [1.807, 2.05) is 0 Å². The van der Waals surface area contributed by atoms with Crippen LogP contribution in [0.2, 0.25) is 0 Å². The number of rotatable bonds is 6. The number of anilines is 1. The number of ether oxygens (including phenoxy) is 1. The SMILES string of the molecule is COCCNCc1cc(F)ccc1N1CCNC(=O)CC1. The Bertz CT molecular complexity index is 482. The molecular formula is C15H22FN3O2. The van der Waals surface area contributed by atoms with Crippen LogP contribution in [0.3, 0.4) is 0 Å². The summed E-state index contributed by atoms with van der Waals surface area (Å²) in [5.41, 5.74) is 1.89. The zero-order valence-electron chi connectivity index (χ0n) is 12.3. The zero-order chi connectivity index (χ0) is 15.1. The molecule has 1 saturated heterocycles. The number of carbonyl (C=O) groups excluding carboxylic acids is 1. The van der Waals surface area contributed by atoms with E-state index >= 15 is 0 Å². The third kappa shape index (κ3) is 4.68. The maximum atomic E-state index is 13.5. The summed E-state index contributed by atoms with van der Waals surface area (Å²) in [5.74, 6) is -0.175. The highest BCUT2D eigenvalue weighted by Crippen LogP contribution is 2.22. The Kier molecular flexibility index (Phi) is 5.95. The van der Waals surface area contributed by atoms with Gasteiger partial charge in [0.05, 0.1) is 6.61 Å². The molecular weight excluding hydrogens is 273 g/mol. The lowest BCUT2D eigenvalue weighted by Crippen LogP contribution is -2.30. The molecule has 1 aromatic rings. The van der Waals surface area contributed by atoms with E-state index < -0.39 is 0 Å². The molecule has 0 unspecified atom stereocenters. The Morgan fingerprint density at radius 1 is 1.43 bits per heavy atom. The van der Waals surface area contributed by atoms with E-state index in [-0.39, 0.29) is 11.7 Å². The molecule has 1 aromatic carbocycles. The second-order valence-corrected chi connectivity index (χ2v) is 5.03. The standard InChI is InChI=1S/C15H22FN3O2/c1-21-9-6-17-11-12-10-13(16)2-3-14(12)19-7-4-15(20)18-5-8-19/h2-3,10,17H,4-9,11H2,1H3,(H,18,20). The molecule has 5 nitrogen and oxygen atoms in total. The minimum absolute atomic E-state index is 0.0689. The topological polar surface area (TPSA) is 53.6 Å². The summed E-state index contributed by atoms with van der Waals surface area (Å²) in [6, 6.07) is 4.81. The molecule has 0 bridgehead atoms. The molecule has 2 N–H and O–H groups in total. The predicted molar refractivity (Wildman–Crippen MR) is 79.8 cm³/mol. The molecule has 0 aromatic heterocycles. The van der Waals surface area contributed by atoms with Crippen LogP contribution in [0.5, 0.6) is 0 Å². The van der Waals surface area contributed by atoms with Gasteiger partial charge in [0, 0.05) is 51.9 Å². The fourth-order valence-corrected chi connectivity index (χ4v) is 2.41. The van der Waals surface area contributed by atoms with Crippen LogP contribution in [0.1, 0.15) is 12.0 Å². The lowest BCUT2D eigenvalue weighted by molar-refractivity contribution is -0.120. The first kappa shape index (κ1) is 15.7. The molecule has 1 heterocycles. The fraction of sp³-hybridized carbons (Fsp3) is 0.533. The molecule has 21 heavy (non-hydrogen) atoms. The summed E-state index contributed by atoms with van der Waals surface area (Å²) in [6.07, 6.45) is 0.466. The van der Waals surface area contributed by atoms with Crippen molar-refractivity contribution in [2.75, 3.05) is 44.8 Å². The molecule has 0 aliphatic carbocycles. The number of hydrogen-bond acceptors (Lipinski definition) is 4. The van der Waals surface area contributed by atoms with Gasteiger partial charge in [0.15, 0.2) is 0 Å². The van der Waals surface area contributed by atoms with Crippen molar-refractivity contribution in [3.63, 3.8) is 0 Å². The first-order valence-corrected chi connectivity index (χ1v) is 7.20. The van der Waals surface area contributed by atoms with Crippen molar-refractivity contribution in [3.05, 3.63) is 29.6 Å². The van der Waals surface area contributed by atoms with E-state index in [1.165, 1.54) is 6.07 Å². The average Bonchev–Trinajstić information content (AvgIpc) is 2.69. The monoisotopic (exact) mass is 295 g/mol. The van der Waals surface area contributed by atoms with Gasteiger partial charge in [0.2, 0.25) is 5.91 Å². The van der Waals surface area contributed by atoms with Crippen molar-refractivity contribution in [1.29, 1.82) is 0 Å². The van der Waals surface area contributed by atoms with Crippen LogP contribution in [0, 0.1) is 5.82 Å². The van der Waals surface area contributed by atoms with Crippen LogP contribution < -0.4 is 15.5 Å². The molecule has 1 fully saturated rings. The van der Waals surface area contributed by atoms with Gasteiger partial charge >= 0.3 is 0 Å². The minimum Gasteiger partial charge on any atom is -0.383 e. The van der Waals surface area contributed by atoms with Gasteiger partial charge in [0.25, 0.3) is 0 Å². The van der Waals surface area contributed by atoms with Gasteiger partial charge < -0.3 is 20.3 Å². The molecule has 0 saturated carbocycles. The maximum Gasteiger partial charge on any atom is 0.221 e. The quantitative estimate of drug-likeness (QED) is 0.765. The molecule has 0 atom stereocenters. The van der Waals surface area contributed by atoms with Crippen molar-refractivity contribution < 1.29 is 13.9 Å². The first-order chi connectivity index (χ1) is 10.2. The van der Waals surface area contributed by atoms with E-state index in [1.54, 1.807) is 19.2 Å². The minimum atomic E-state index is -0.244. The van der Waals surface area contributed by atoms with Crippen LogP contribution in [0.4, 0.5) is 10.1 Å². The summed E-state index contributed by atoms with van der Waals surface area (Å²) in [5, 5.41) is 6.08. The van der Waals surface area contributed by atoms with E-state index in [2.05, 4.69) is 15.5 Å². The Morgan fingerprint density at radius 3 is 3.10 bits per heavy atom. The van der Waals surface area contributed by atoms with E-state index in [9.17, 15) is 9.18 Å². The molecule has 0 spiro atoms. The third-order valence-corrected chi connectivity index (χ3v) is 3.49. The van der Waals surface area contributed by atoms with Gasteiger partial charge in [-0.2, -0.15) is 0 Å². The van der Waals surface area contributed by atoms with Crippen molar-refractivity contribution >= 4 is 11.6 Å². The van der Waals surface area contributed by atoms with Crippen LogP contribution >= 0.6 is 0 Å². The number of nitrogens with zero attached hydrogens (tertiary/aromatic N) is 1. The lowest BCUT2D eigenvalue weighted by Gasteiger charge is -2.25. The average molecular weight is 295 g/mol. The largest absolute Gasteiger partial charge is 0.383 e. The van der Waals surface area contributed by atoms with Gasteiger partial charge in [-0.1, -0.05) is 0 Å². The van der Waals surface area contributed by atoms with Gasteiger partial charge in [-0.25, -0.2) is 4.39 Å². The van der Waals surface area contributed by atoms with Crippen molar-refractivity contribution in [3.8, 4) is 0 Å². The highest BCUT2D eigenvalue weighted by molar-refractivity contribution is 5.77. The Balaban J connectivity index is 2.08. The second-order valence-electron chi connectivity index (χ2n) is 5.03. The number of carbonyl (C=O) groups is 1. The van der Waals surface area contributed by atoms with Gasteiger partial charge in [-0.3, -0.25) is 4.79 Å². The van der Waals surface area contributed by atoms with Gasteiger partial charge in [0.1, 0.15) is 5.82 Å². The summed E-state index contributed by atoms with van der Waals surface area (Å²) in [6.45, 7) is 3.92. The predicted octanol–water partition coefficient (Wildman–Crippen LogP) is 0.888. The number of nitrogens with one attached hydrogen (secondary N) is 2. The Labute approximate surface area is 124 Å². The highest BCUT2D eigenvalue weighted by Gasteiger charge is 2.16. The molecule has 1 amide bonds. The first-order valence-electron chi connectivity index (χ1n) is 7.20. The highest BCUT2D eigenvalue weighted by atomic mass is 19.1. The van der Waals surface area contributed by atoms with E-state index in [4.69, 9.17) is 4.74 Å². The molecule has 0 radical (unpaired) electrons. The summed E-state index contributed by atoms with van der Waals surface area (Å²) in [4.78, 5) is 13.5. The smallest absolute Gasteiger partial charge is 0.221 e. The fourth-order valence-electron chi connectivity index (χ4n) is 2.41. The number of amides is 1. The number of hydrogen-bond donors (Lipinski definition) is 2. The van der Waals surface area contributed by atoms with Crippen LogP contribution in [0.15, 0.2) is 18.2 Å². The second kappa shape index (κ2) is 7.95. The molecule has 116 valence electrons. The van der Waals surface area contributed by atoms with E-state index in [0.29, 0.717) is 39.2 Å². The number of methoxy groups -OCH3 is 1. The van der Waals surface area contributed by atoms with E-state index in [0.717, 1.165) is 17.8 Å². The summed E-state index contributed by atoms with van der Waals surface area (Å²) < 4.78 is 18.5. The van der Waals surface area contributed by atoms with Gasteiger partial charge in [-0.05, 0) is 23.8 Å². The van der Waals surface area contributed by atoms with Crippen molar-refractivity contribution in [1.82, 2.24) is 10.6 Å². The summed E-state index contributed by atoms with van der Waals surface area (Å²) >= 11 is 0. The van der Waals surface area contributed by atoms with Crippen LogP contribution in [-0.2, 0) is 16.1 Å².